The fourth-order valence-electron chi connectivity index (χ4n) is 2.67. The highest BCUT2D eigenvalue weighted by atomic mass is 19.1. The third-order valence-corrected chi connectivity index (χ3v) is 4.29. The molecule has 0 aliphatic rings. The number of aromatic nitrogens is 3. The first-order chi connectivity index (χ1) is 11.1. The molecule has 0 aliphatic carbocycles. The monoisotopic (exact) mass is 312 g/mol. The fraction of sp³-hybridized carbons (Fsp3) is 0.333. The number of hydrogen-bond donors (Lipinski definition) is 1. The van der Waals surface area contributed by atoms with E-state index in [4.69, 9.17) is 0 Å². The molecule has 1 aromatic carbocycles. The Hall–Kier alpha value is -2.27. The van der Waals surface area contributed by atoms with E-state index in [-0.39, 0.29) is 17.9 Å². The molecule has 0 saturated heterocycles. The summed E-state index contributed by atoms with van der Waals surface area (Å²) in [5, 5.41) is 8.43. The lowest BCUT2D eigenvalue weighted by molar-refractivity contribution is 0.365. The second kappa shape index (κ2) is 6.46. The molecule has 0 fully saturated rings. The number of aryl methyl sites for hydroxylation is 1. The average Bonchev–Trinajstić information content (AvgIpc) is 3.00. The van der Waals surface area contributed by atoms with E-state index >= 15 is 0 Å². The third-order valence-electron chi connectivity index (χ3n) is 4.29. The van der Waals surface area contributed by atoms with Gasteiger partial charge in [0, 0.05) is 30.4 Å². The maximum Gasteiger partial charge on any atom is 0.132 e. The number of nitrogens with zero attached hydrogens (tertiary/aromatic N) is 3. The molecule has 3 aromatic rings. The number of benzene rings is 1. The lowest BCUT2D eigenvalue weighted by Gasteiger charge is -2.22. The fourth-order valence-corrected chi connectivity index (χ4v) is 2.67. The van der Waals surface area contributed by atoms with E-state index in [2.05, 4.69) is 29.2 Å². The summed E-state index contributed by atoms with van der Waals surface area (Å²) in [5.41, 5.74) is 2.87. The minimum atomic E-state index is -0.231. The van der Waals surface area contributed by atoms with Crippen LogP contribution in [0.2, 0.25) is 0 Å². The highest BCUT2D eigenvalue weighted by Gasteiger charge is 2.15. The Kier molecular flexibility index (Phi) is 4.39. The number of hydrogen-bond acceptors (Lipinski definition) is 3. The summed E-state index contributed by atoms with van der Waals surface area (Å²) in [6.45, 7) is 6.93. The molecule has 0 aliphatic heterocycles. The van der Waals surface area contributed by atoms with Crippen LogP contribution in [0.1, 0.15) is 31.0 Å². The molecule has 2 aromatic heterocycles. The number of pyridine rings is 1. The summed E-state index contributed by atoms with van der Waals surface area (Å²) in [4.78, 5) is 4.33. The van der Waals surface area contributed by atoms with Crippen LogP contribution in [0.15, 0.2) is 42.9 Å². The molecule has 2 unspecified atom stereocenters. The van der Waals surface area contributed by atoms with Crippen molar-refractivity contribution >= 4 is 10.9 Å². The second-order valence-corrected chi connectivity index (χ2v) is 6.01. The van der Waals surface area contributed by atoms with Gasteiger partial charge in [-0.1, -0.05) is 6.07 Å². The molecule has 1 N–H and O–H groups in total. The molecule has 2 heterocycles. The predicted octanol–water partition coefficient (Wildman–Crippen LogP) is 3.62. The van der Waals surface area contributed by atoms with E-state index in [9.17, 15) is 4.39 Å². The molecule has 3 rings (SSSR count). The van der Waals surface area contributed by atoms with Gasteiger partial charge >= 0.3 is 0 Å². The van der Waals surface area contributed by atoms with Crippen LogP contribution in [0.25, 0.3) is 10.9 Å². The largest absolute Gasteiger partial charge is 0.308 e. The van der Waals surface area contributed by atoms with Crippen LogP contribution in [-0.2, 0) is 6.54 Å². The first-order valence-corrected chi connectivity index (χ1v) is 7.82. The highest BCUT2D eigenvalue weighted by Crippen LogP contribution is 2.20. The average molecular weight is 312 g/mol. The van der Waals surface area contributed by atoms with Crippen LogP contribution < -0.4 is 5.32 Å². The van der Waals surface area contributed by atoms with Crippen molar-refractivity contribution in [1.82, 2.24) is 20.1 Å². The highest BCUT2D eigenvalue weighted by molar-refractivity contribution is 5.82. The summed E-state index contributed by atoms with van der Waals surface area (Å²) in [6, 6.07) is 7.27. The maximum atomic E-state index is 13.8. The zero-order chi connectivity index (χ0) is 16.4. The smallest absolute Gasteiger partial charge is 0.132 e. The minimum absolute atomic E-state index is 0.220. The third kappa shape index (κ3) is 3.24. The van der Waals surface area contributed by atoms with E-state index in [1.54, 1.807) is 24.4 Å². The first-order valence-electron chi connectivity index (χ1n) is 7.82. The molecule has 0 bridgehead atoms. The van der Waals surface area contributed by atoms with Gasteiger partial charge in [-0.05, 0) is 50.1 Å². The van der Waals surface area contributed by atoms with Crippen molar-refractivity contribution in [2.24, 2.45) is 0 Å². The predicted molar refractivity (Wildman–Crippen MR) is 89.7 cm³/mol. The molecule has 5 heteroatoms. The summed E-state index contributed by atoms with van der Waals surface area (Å²) >= 11 is 0. The van der Waals surface area contributed by atoms with Gasteiger partial charge in [-0.25, -0.2) is 4.39 Å². The van der Waals surface area contributed by atoms with Gasteiger partial charge in [0.15, 0.2) is 0 Å². The van der Waals surface area contributed by atoms with Gasteiger partial charge in [0.05, 0.1) is 17.8 Å². The summed E-state index contributed by atoms with van der Waals surface area (Å²) in [6.07, 6.45) is 5.60. The SMILES string of the molecule is Cc1cnn(C(C)C(C)NCc2ccc(F)c3cccnc23)c1. The van der Waals surface area contributed by atoms with Gasteiger partial charge < -0.3 is 5.32 Å². The van der Waals surface area contributed by atoms with Crippen LogP contribution in [0, 0.1) is 12.7 Å². The van der Waals surface area contributed by atoms with Crippen LogP contribution in [-0.4, -0.2) is 20.8 Å². The van der Waals surface area contributed by atoms with E-state index in [0.29, 0.717) is 11.9 Å². The molecule has 2 atom stereocenters. The standard InChI is InChI=1S/C18H21FN4/c1-12-9-22-23(11-12)14(3)13(2)21-10-15-6-7-17(19)16-5-4-8-20-18(15)16/h4-9,11,13-14,21H,10H2,1-3H3. The van der Waals surface area contributed by atoms with Crippen molar-refractivity contribution in [1.29, 1.82) is 0 Å². The summed E-state index contributed by atoms with van der Waals surface area (Å²) in [7, 11) is 0. The van der Waals surface area contributed by atoms with Gasteiger partial charge in [-0.2, -0.15) is 5.10 Å². The number of rotatable bonds is 5. The van der Waals surface area contributed by atoms with Crippen molar-refractivity contribution in [3.05, 3.63) is 59.8 Å². The minimum Gasteiger partial charge on any atom is -0.308 e. The Morgan fingerprint density at radius 1 is 1.26 bits per heavy atom. The Morgan fingerprint density at radius 3 is 2.83 bits per heavy atom. The molecular formula is C18H21FN4. The number of fused-ring (bicyclic) bond motifs is 1. The van der Waals surface area contributed by atoms with E-state index in [1.807, 2.05) is 24.0 Å². The van der Waals surface area contributed by atoms with Crippen LogP contribution in [0.4, 0.5) is 4.39 Å². The van der Waals surface area contributed by atoms with Gasteiger partial charge in [-0.3, -0.25) is 9.67 Å². The Labute approximate surface area is 135 Å². The van der Waals surface area contributed by atoms with Crippen molar-refractivity contribution in [3.63, 3.8) is 0 Å². The van der Waals surface area contributed by atoms with Gasteiger partial charge in [0.1, 0.15) is 5.82 Å². The number of halogens is 1. The van der Waals surface area contributed by atoms with Crippen LogP contribution in [0.5, 0.6) is 0 Å². The Morgan fingerprint density at radius 2 is 2.09 bits per heavy atom. The number of nitrogens with one attached hydrogen (secondary N) is 1. The molecule has 0 spiro atoms. The van der Waals surface area contributed by atoms with E-state index < -0.39 is 0 Å². The lowest BCUT2D eigenvalue weighted by atomic mass is 10.1. The first kappa shape index (κ1) is 15.6. The summed E-state index contributed by atoms with van der Waals surface area (Å²) in [5.74, 6) is -0.231. The quantitative estimate of drug-likeness (QED) is 0.782. The normalized spacial score (nSPS) is 14.1. The van der Waals surface area contributed by atoms with Gasteiger partial charge in [0.25, 0.3) is 0 Å². The molecule has 0 saturated carbocycles. The maximum absolute atomic E-state index is 13.8. The molecule has 120 valence electrons. The van der Waals surface area contributed by atoms with Crippen molar-refractivity contribution in [2.75, 3.05) is 0 Å². The van der Waals surface area contributed by atoms with Crippen molar-refractivity contribution in [2.45, 2.75) is 39.4 Å². The molecule has 0 amide bonds. The van der Waals surface area contributed by atoms with E-state index in [0.717, 1.165) is 16.6 Å². The molecule has 4 nitrogen and oxygen atoms in total. The van der Waals surface area contributed by atoms with Crippen LogP contribution in [0.3, 0.4) is 0 Å². The topological polar surface area (TPSA) is 42.7 Å². The molecule has 23 heavy (non-hydrogen) atoms. The van der Waals surface area contributed by atoms with Crippen LogP contribution >= 0.6 is 0 Å². The van der Waals surface area contributed by atoms with Crippen molar-refractivity contribution in [3.8, 4) is 0 Å². The lowest BCUT2D eigenvalue weighted by Crippen LogP contribution is -2.33. The van der Waals surface area contributed by atoms with Gasteiger partial charge in [-0.15, -0.1) is 0 Å². The molecule has 0 radical (unpaired) electrons. The van der Waals surface area contributed by atoms with Gasteiger partial charge in [0.2, 0.25) is 0 Å². The second-order valence-electron chi connectivity index (χ2n) is 6.01. The zero-order valence-corrected chi connectivity index (χ0v) is 13.6. The van der Waals surface area contributed by atoms with E-state index in [1.165, 1.54) is 6.07 Å². The molecular weight excluding hydrogens is 291 g/mol. The van der Waals surface area contributed by atoms with Crippen molar-refractivity contribution < 1.29 is 4.39 Å². The Bertz CT molecular complexity index is 812. The zero-order valence-electron chi connectivity index (χ0n) is 13.6. The Balaban J connectivity index is 1.74. The summed E-state index contributed by atoms with van der Waals surface area (Å²) < 4.78 is 15.8.